The Kier molecular flexibility index (Phi) is 6.40. The Morgan fingerprint density at radius 2 is 1.83 bits per heavy atom. The van der Waals surface area contributed by atoms with Crippen molar-refractivity contribution in [1.29, 1.82) is 0 Å². The summed E-state index contributed by atoms with van der Waals surface area (Å²) in [6, 6.07) is 12.6. The Labute approximate surface area is 176 Å². The van der Waals surface area contributed by atoms with E-state index in [4.69, 9.17) is 9.47 Å². The van der Waals surface area contributed by atoms with Crippen LogP contribution in [0.1, 0.15) is 24.5 Å². The molecule has 0 radical (unpaired) electrons. The molecule has 1 N–H and O–H groups in total. The minimum absolute atomic E-state index is 0.0685. The van der Waals surface area contributed by atoms with Crippen LogP contribution in [0.5, 0.6) is 5.75 Å². The van der Waals surface area contributed by atoms with Crippen LogP contribution in [0, 0.1) is 19.8 Å². The number of carbonyl (C=O) groups excluding carboxylic acids is 3. The maximum absolute atomic E-state index is 12.6. The fourth-order valence-corrected chi connectivity index (χ4v) is 3.37. The number of carbonyl (C=O) groups is 3. The number of nitrogens with zero attached hydrogens (tertiary/aromatic N) is 1. The molecule has 2 aromatic carbocycles. The number of rotatable bonds is 6. The van der Waals surface area contributed by atoms with E-state index in [1.807, 2.05) is 32.0 Å². The lowest BCUT2D eigenvalue weighted by molar-refractivity contribution is -0.157. The van der Waals surface area contributed by atoms with Gasteiger partial charge in [0.05, 0.1) is 13.0 Å². The van der Waals surface area contributed by atoms with Gasteiger partial charge in [0.1, 0.15) is 5.75 Å². The molecule has 1 aliphatic rings. The van der Waals surface area contributed by atoms with Crippen molar-refractivity contribution in [3.05, 3.63) is 53.6 Å². The third-order valence-corrected chi connectivity index (χ3v) is 5.34. The average Bonchev–Trinajstić information content (AvgIpc) is 3.12. The second-order valence-electron chi connectivity index (χ2n) is 7.42. The minimum atomic E-state index is -0.982. The van der Waals surface area contributed by atoms with Crippen LogP contribution in [0.25, 0.3) is 0 Å². The van der Waals surface area contributed by atoms with Crippen molar-refractivity contribution >= 4 is 29.2 Å². The van der Waals surface area contributed by atoms with E-state index >= 15 is 0 Å². The van der Waals surface area contributed by atoms with E-state index in [-0.39, 0.29) is 18.9 Å². The zero-order valence-electron chi connectivity index (χ0n) is 17.6. The Hall–Kier alpha value is -3.35. The highest BCUT2D eigenvalue weighted by Gasteiger charge is 2.37. The van der Waals surface area contributed by atoms with Gasteiger partial charge in [-0.2, -0.15) is 0 Å². The van der Waals surface area contributed by atoms with Gasteiger partial charge in [-0.3, -0.25) is 14.4 Å². The summed E-state index contributed by atoms with van der Waals surface area (Å²) in [5, 5.41) is 2.70. The van der Waals surface area contributed by atoms with Crippen molar-refractivity contribution in [2.24, 2.45) is 5.92 Å². The molecule has 2 aromatic rings. The molecule has 0 spiro atoms. The molecule has 2 amide bonds. The van der Waals surface area contributed by atoms with Crippen molar-refractivity contribution in [3.8, 4) is 5.75 Å². The van der Waals surface area contributed by atoms with Gasteiger partial charge in [-0.1, -0.05) is 12.1 Å². The number of amides is 2. The Morgan fingerprint density at radius 3 is 2.50 bits per heavy atom. The highest BCUT2D eigenvalue weighted by atomic mass is 16.5. The third kappa shape index (κ3) is 4.62. The molecule has 1 saturated heterocycles. The van der Waals surface area contributed by atoms with Gasteiger partial charge in [0.15, 0.2) is 6.10 Å². The Balaban J connectivity index is 1.59. The number of methoxy groups -OCH3 is 1. The van der Waals surface area contributed by atoms with Crippen molar-refractivity contribution in [3.63, 3.8) is 0 Å². The summed E-state index contributed by atoms with van der Waals surface area (Å²) in [7, 11) is 1.56. The molecule has 1 aliphatic heterocycles. The summed E-state index contributed by atoms with van der Waals surface area (Å²) in [5.74, 6) is -1.04. The lowest BCUT2D eigenvalue weighted by atomic mass is 10.1. The van der Waals surface area contributed by atoms with Crippen LogP contribution in [0.3, 0.4) is 0 Å². The summed E-state index contributed by atoms with van der Waals surface area (Å²) < 4.78 is 10.4. The Bertz CT molecular complexity index is 955. The first kappa shape index (κ1) is 21.4. The van der Waals surface area contributed by atoms with E-state index in [9.17, 15) is 14.4 Å². The van der Waals surface area contributed by atoms with Gasteiger partial charge >= 0.3 is 5.97 Å². The molecule has 7 nitrogen and oxygen atoms in total. The SMILES string of the molecule is COc1ccc(NC(=O)[C@@H](C)OC(=O)[C@H]2CC(=O)N(c3cccc(C)c3C)C2)cc1. The number of nitrogens with one attached hydrogen (secondary N) is 1. The zero-order valence-corrected chi connectivity index (χ0v) is 17.6. The van der Waals surface area contributed by atoms with E-state index in [0.29, 0.717) is 11.4 Å². The summed E-state index contributed by atoms with van der Waals surface area (Å²) in [6.07, 6.45) is -0.913. The highest BCUT2D eigenvalue weighted by molar-refractivity contribution is 6.01. The van der Waals surface area contributed by atoms with Gasteiger partial charge < -0.3 is 19.7 Å². The van der Waals surface area contributed by atoms with Crippen molar-refractivity contribution in [2.45, 2.75) is 33.3 Å². The molecule has 3 rings (SSSR count). The molecule has 0 aromatic heterocycles. The maximum atomic E-state index is 12.6. The van der Waals surface area contributed by atoms with Crippen LogP contribution < -0.4 is 15.0 Å². The monoisotopic (exact) mass is 410 g/mol. The molecule has 1 fully saturated rings. The fourth-order valence-electron chi connectivity index (χ4n) is 3.37. The Morgan fingerprint density at radius 1 is 1.13 bits per heavy atom. The molecule has 2 atom stereocenters. The number of aryl methyl sites for hydroxylation is 1. The van der Waals surface area contributed by atoms with Gasteiger partial charge in [0, 0.05) is 24.3 Å². The van der Waals surface area contributed by atoms with Crippen molar-refractivity contribution in [2.75, 3.05) is 23.9 Å². The second-order valence-corrected chi connectivity index (χ2v) is 7.42. The van der Waals surface area contributed by atoms with Gasteiger partial charge in [0.25, 0.3) is 5.91 Å². The minimum Gasteiger partial charge on any atom is -0.497 e. The summed E-state index contributed by atoms with van der Waals surface area (Å²) in [4.78, 5) is 39.0. The predicted molar refractivity (Wildman–Crippen MR) is 114 cm³/mol. The first-order valence-corrected chi connectivity index (χ1v) is 9.82. The highest BCUT2D eigenvalue weighted by Crippen LogP contribution is 2.30. The standard InChI is InChI=1S/C23H26N2O5/c1-14-6-5-7-20(15(14)2)25-13-17(12-21(25)26)23(28)30-16(3)22(27)24-18-8-10-19(29-4)11-9-18/h5-11,16-17H,12-13H2,1-4H3,(H,24,27)/t16-,17+/m1/s1. The average molecular weight is 410 g/mol. The molecule has 7 heteroatoms. The lowest BCUT2D eigenvalue weighted by Gasteiger charge is -2.20. The van der Waals surface area contributed by atoms with E-state index in [1.165, 1.54) is 6.92 Å². The summed E-state index contributed by atoms with van der Waals surface area (Å²) in [6.45, 7) is 5.69. The molecular weight excluding hydrogens is 384 g/mol. The molecule has 158 valence electrons. The maximum Gasteiger partial charge on any atom is 0.312 e. The van der Waals surface area contributed by atoms with Gasteiger partial charge in [-0.15, -0.1) is 0 Å². The predicted octanol–water partition coefficient (Wildman–Crippen LogP) is 3.24. The van der Waals surface area contributed by atoms with Crippen LogP contribution in [-0.2, 0) is 19.1 Å². The van der Waals surface area contributed by atoms with Crippen LogP contribution in [0.4, 0.5) is 11.4 Å². The third-order valence-electron chi connectivity index (χ3n) is 5.34. The first-order chi connectivity index (χ1) is 14.3. The van der Waals surface area contributed by atoms with Crippen LogP contribution >= 0.6 is 0 Å². The largest absolute Gasteiger partial charge is 0.497 e. The van der Waals surface area contributed by atoms with E-state index in [2.05, 4.69) is 5.32 Å². The molecular formula is C23H26N2O5. The van der Waals surface area contributed by atoms with Crippen LogP contribution in [0.15, 0.2) is 42.5 Å². The van der Waals surface area contributed by atoms with Gasteiger partial charge in [0.2, 0.25) is 5.91 Å². The number of anilines is 2. The fraction of sp³-hybridized carbons (Fsp3) is 0.348. The number of ether oxygens (including phenoxy) is 2. The molecule has 0 unspecified atom stereocenters. The van der Waals surface area contributed by atoms with Crippen LogP contribution in [-0.4, -0.2) is 37.5 Å². The molecule has 1 heterocycles. The van der Waals surface area contributed by atoms with Crippen LogP contribution in [0.2, 0.25) is 0 Å². The first-order valence-electron chi connectivity index (χ1n) is 9.82. The van der Waals surface area contributed by atoms with Crippen molar-refractivity contribution < 1.29 is 23.9 Å². The number of hydrogen-bond acceptors (Lipinski definition) is 5. The van der Waals surface area contributed by atoms with E-state index < -0.39 is 23.9 Å². The lowest BCUT2D eigenvalue weighted by Crippen LogP contribution is -2.33. The van der Waals surface area contributed by atoms with Gasteiger partial charge in [-0.05, 0) is 62.2 Å². The summed E-state index contributed by atoms with van der Waals surface area (Å²) >= 11 is 0. The molecule has 0 saturated carbocycles. The molecule has 0 aliphatic carbocycles. The molecule has 0 bridgehead atoms. The zero-order chi connectivity index (χ0) is 21.8. The van der Waals surface area contributed by atoms with E-state index in [1.54, 1.807) is 36.3 Å². The number of hydrogen-bond donors (Lipinski definition) is 1. The number of benzene rings is 2. The second kappa shape index (κ2) is 8.98. The molecule has 30 heavy (non-hydrogen) atoms. The smallest absolute Gasteiger partial charge is 0.312 e. The van der Waals surface area contributed by atoms with Crippen molar-refractivity contribution in [1.82, 2.24) is 0 Å². The van der Waals surface area contributed by atoms with Gasteiger partial charge in [-0.25, -0.2) is 0 Å². The topological polar surface area (TPSA) is 84.9 Å². The normalized spacial score (nSPS) is 16.9. The summed E-state index contributed by atoms with van der Waals surface area (Å²) in [5.41, 5.74) is 3.46. The number of esters is 1. The van der Waals surface area contributed by atoms with E-state index in [0.717, 1.165) is 16.8 Å². The quantitative estimate of drug-likeness (QED) is 0.739.